The molecule has 0 saturated carbocycles. The van der Waals surface area contributed by atoms with Crippen LogP contribution in [0.5, 0.6) is 0 Å². The van der Waals surface area contributed by atoms with E-state index in [1.165, 1.54) is 6.92 Å². The molecule has 1 aliphatic carbocycles. The van der Waals surface area contributed by atoms with Crippen molar-refractivity contribution in [2.75, 3.05) is 6.61 Å². The number of ether oxygens (including phenoxy) is 1. The summed E-state index contributed by atoms with van der Waals surface area (Å²) in [6.07, 6.45) is 0.268. The van der Waals surface area contributed by atoms with Gasteiger partial charge in [-0.15, -0.1) is 0 Å². The molecule has 9 nitrogen and oxygen atoms in total. The minimum Gasteiger partial charge on any atom is -0.476 e. The van der Waals surface area contributed by atoms with Crippen molar-refractivity contribution in [3.63, 3.8) is 0 Å². The molecule has 3 N–H and O–H groups in total. The first-order chi connectivity index (χ1) is 15.5. The van der Waals surface area contributed by atoms with Crippen LogP contribution in [0.25, 0.3) is 11.1 Å². The maximum absolute atomic E-state index is 12.3. The molecule has 32 heavy (non-hydrogen) atoms. The molecule has 0 spiro atoms. The summed E-state index contributed by atoms with van der Waals surface area (Å²) in [6, 6.07) is 15.1. The Morgan fingerprint density at radius 1 is 1.09 bits per heavy atom. The first-order valence-electron chi connectivity index (χ1n) is 10.0. The van der Waals surface area contributed by atoms with Crippen molar-refractivity contribution in [1.82, 2.24) is 15.6 Å². The predicted octanol–water partition coefficient (Wildman–Crippen LogP) is 2.92. The summed E-state index contributed by atoms with van der Waals surface area (Å²) in [5, 5.41) is 14.0. The van der Waals surface area contributed by atoms with Crippen LogP contribution < -0.4 is 10.6 Å². The summed E-state index contributed by atoms with van der Waals surface area (Å²) in [5.41, 5.74) is 4.15. The number of alkyl carbamates (subject to hydrolysis) is 1. The summed E-state index contributed by atoms with van der Waals surface area (Å²) in [7, 11) is 0. The van der Waals surface area contributed by atoms with E-state index in [-0.39, 0.29) is 30.5 Å². The van der Waals surface area contributed by atoms with Crippen LogP contribution >= 0.6 is 0 Å². The average molecular weight is 435 g/mol. The number of aromatic nitrogens is 1. The van der Waals surface area contributed by atoms with Gasteiger partial charge in [-0.2, -0.15) is 0 Å². The Hall–Kier alpha value is -4.14. The lowest BCUT2D eigenvalue weighted by molar-refractivity contribution is -0.122. The Balaban J connectivity index is 1.32. The van der Waals surface area contributed by atoms with Crippen molar-refractivity contribution in [3.8, 4) is 11.1 Å². The number of carbonyl (C=O) groups is 3. The van der Waals surface area contributed by atoms with E-state index in [2.05, 4.69) is 15.6 Å². The zero-order valence-corrected chi connectivity index (χ0v) is 17.2. The number of fused-ring (bicyclic) bond motifs is 3. The summed E-state index contributed by atoms with van der Waals surface area (Å²) in [4.78, 5) is 39.2. The first kappa shape index (κ1) is 21.1. The molecule has 0 fully saturated rings. The Morgan fingerprint density at radius 2 is 1.72 bits per heavy atom. The molecule has 2 amide bonds. The number of rotatable bonds is 7. The third-order valence-corrected chi connectivity index (χ3v) is 5.34. The van der Waals surface area contributed by atoms with Gasteiger partial charge in [0.1, 0.15) is 12.6 Å². The predicted molar refractivity (Wildman–Crippen MR) is 113 cm³/mol. The second-order valence-corrected chi connectivity index (χ2v) is 7.34. The Bertz CT molecular complexity index is 1130. The van der Waals surface area contributed by atoms with Gasteiger partial charge in [0.05, 0.1) is 6.54 Å². The van der Waals surface area contributed by atoms with Crippen LogP contribution in [0.2, 0.25) is 0 Å². The highest BCUT2D eigenvalue weighted by Gasteiger charge is 2.29. The number of carboxylic acids is 1. The number of aromatic carboxylic acids is 1. The SMILES string of the molecule is CC(NC(=O)OCC1c2ccccc2-c2ccccc21)C(=O)NCc1ocnc1C(=O)O. The zero-order chi connectivity index (χ0) is 22.7. The van der Waals surface area contributed by atoms with Crippen LogP contribution in [0.4, 0.5) is 4.79 Å². The fourth-order valence-corrected chi connectivity index (χ4v) is 3.77. The molecule has 164 valence electrons. The Morgan fingerprint density at radius 3 is 2.34 bits per heavy atom. The number of hydrogen-bond donors (Lipinski definition) is 3. The molecule has 1 atom stereocenters. The molecule has 3 aromatic rings. The largest absolute Gasteiger partial charge is 0.476 e. The van der Waals surface area contributed by atoms with Crippen molar-refractivity contribution in [2.24, 2.45) is 0 Å². The Labute approximate surface area is 183 Å². The highest BCUT2D eigenvalue weighted by molar-refractivity contribution is 5.87. The number of benzene rings is 2. The minimum atomic E-state index is -1.26. The normalized spacial score (nSPS) is 13.0. The third-order valence-electron chi connectivity index (χ3n) is 5.34. The molecule has 1 aromatic heterocycles. The van der Waals surface area contributed by atoms with Crippen molar-refractivity contribution < 1.29 is 28.6 Å². The molecule has 1 aliphatic rings. The molecular formula is C23H21N3O6. The van der Waals surface area contributed by atoms with Gasteiger partial charge in [0.2, 0.25) is 5.91 Å². The van der Waals surface area contributed by atoms with Gasteiger partial charge in [0.25, 0.3) is 0 Å². The smallest absolute Gasteiger partial charge is 0.407 e. The highest BCUT2D eigenvalue weighted by atomic mass is 16.5. The number of amides is 2. The van der Waals surface area contributed by atoms with Gasteiger partial charge in [-0.3, -0.25) is 4.79 Å². The summed E-state index contributed by atoms with van der Waals surface area (Å²) in [5.74, 6) is -1.85. The molecule has 2 aromatic carbocycles. The molecule has 1 unspecified atom stereocenters. The van der Waals surface area contributed by atoms with E-state index >= 15 is 0 Å². The van der Waals surface area contributed by atoms with Gasteiger partial charge >= 0.3 is 12.1 Å². The molecular weight excluding hydrogens is 414 g/mol. The van der Waals surface area contributed by atoms with Gasteiger partial charge in [-0.1, -0.05) is 48.5 Å². The number of hydrogen-bond acceptors (Lipinski definition) is 6. The van der Waals surface area contributed by atoms with Crippen molar-refractivity contribution in [1.29, 1.82) is 0 Å². The number of nitrogens with one attached hydrogen (secondary N) is 2. The second kappa shape index (κ2) is 8.93. The summed E-state index contributed by atoms with van der Waals surface area (Å²) >= 11 is 0. The van der Waals surface area contributed by atoms with Gasteiger partial charge in [-0.05, 0) is 29.2 Å². The number of oxazole rings is 1. The number of carboxylic acid groups (broad SMARTS) is 1. The first-order valence-corrected chi connectivity index (χ1v) is 10.0. The lowest BCUT2D eigenvalue weighted by atomic mass is 9.98. The van der Waals surface area contributed by atoms with Crippen LogP contribution in [-0.2, 0) is 16.1 Å². The Kier molecular flexibility index (Phi) is 5.89. The van der Waals surface area contributed by atoms with Crippen molar-refractivity contribution in [2.45, 2.75) is 25.4 Å². The van der Waals surface area contributed by atoms with Crippen LogP contribution in [0.1, 0.15) is 40.2 Å². The molecule has 0 saturated heterocycles. The lowest BCUT2D eigenvalue weighted by Gasteiger charge is -2.17. The molecule has 0 aliphatic heterocycles. The fourth-order valence-electron chi connectivity index (χ4n) is 3.77. The number of nitrogens with zero attached hydrogens (tertiary/aromatic N) is 1. The second-order valence-electron chi connectivity index (χ2n) is 7.34. The van der Waals surface area contributed by atoms with Crippen molar-refractivity contribution in [3.05, 3.63) is 77.5 Å². The third kappa shape index (κ3) is 4.18. The monoisotopic (exact) mass is 435 g/mol. The summed E-state index contributed by atoms with van der Waals surface area (Å²) in [6.45, 7) is 1.46. The van der Waals surface area contributed by atoms with Crippen LogP contribution in [-0.4, -0.2) is 40.7 Å². The van der Waals surface area contributed by atoms with E-state index in [9.17, 15) is 14.4 Å². The van der Waals surface area contributed by atoms with Crippen LogP contribution in [0.3, 0.4) is 0 Å². The molecule has 0 radical (unpaired) electrons. The summed E-state index contributed by atoms with van der Waals surface area (Å²) < 4.78 is 10.4. The minimum absolute atomic E-state index is 0.0131. The van der Waals surface area contributed by atoms with E-state index < -0.39 is 24.0 Å². The van der Waals surface area contributed by atoms with Gasteiger partial charge in [0.15, 0.2) is 17.8 Å². The standard InChI is InChI=1S/C23H21N3O6/c1-13(21(27)24-10-19-20(22(28)29)25-12-32-19)26-23(30)31-11-18-16-8-4-2-6-14(16)15-7-3-5-9-17(15)18/h2-9,12-13,18H,10-11H2,1H3,(H,24,27)(H,26,30)(H,28,29). The van der Waals surface area contributed by atoms with Gasteiger partial charge in [-0.25, -0.2) is 14.6 Å². The van der Waals surface area contributed by atoms with E-state index in [4.69, 9.17) is 14.3 Å². The maximum Gasteiger partial charge on any atom is 0.407 e. The highest BCUT2D eigenvalue weighted by Crippen LogP contribution is 2.44. The molecule has 4 rings (SSSR count). The topological polar surface area (TPSA) is 131 Å². The van der Waals surface area contributed by atoms with Crippen LogP contribution in [0.15, 0.2) is 59.3 Å². The van der Waals surface area contributed by atoms with E-state index in [1.807, 2.05) is 48.5 Å². The molecule has 0 bridgehead atoms. The van der Waals surface area contributed by atoms with E-state index in [0.717, 1.165) is 28.6 Å². The molecule has 9 heteroatoms. The quantitative estimate of drug-likeness (QED) is 0.520. The number of carbonyl (C=O) groups excluding carboxylic acids is 2. The van der Waals surface area contributed by atoms with E-state index in [1.54, 1.807) is 0 Å². The van der Waals surface area contributed by atoms with Gasteiger partial charge < -0.3 is 24.9 Å². The average Bonchev–Trinajstić information content (AvgIpc) is 3.39. The van der Waals surface area contributed by atoms with Gasteiger partial charge in [0, 0.05) is 5.92 Å². The van der Waals surface area contributed by atoms with Crippen molar-refractivity contribution >= 4 is 18.0 Å². The molecule has 1 heterocycles. The zero-order valence-electron chi connectivity index (χ0n) is 17.2. The lowest BCUT2D eigenvalue weighted by Crippen LogP contribution is -2.45. The van der Waals surface area contributed by atoms with Crippen LogP contribution in [0, 0.1) is 0 Å². The van der Waals surface area contributed by atoms with E-state index in [0.29, 0.717) is 0 Å². The maximum atomic E-state index is 12.3. The fraction of sp³-hybridized carbons (Fsp3) is 0.217.